The number of fused-ring (bicyclic) bond motifs is 1. The van der Waals surface area contributed by atoms with Crippen molar-refractivity contribution in [3.8, 4) is 0 Å². The Kier molecular flexibility index (Phi) is 3.08. The predicted octanol–water partition coefficient (Wildman–Crippen LogP) is 2.10. The fraction of sp³-hybridized carbons (Fsp3) is 0.250. The summed E-state index contributed by atoms with van der Waals surface area (Å²) in [4.78, 5) is 29.9. The van der Waals surface area contributed by atoms with E-state index in [2.05, 4.69) is 4.98 Å². The summed E-state index contributed by atoms with van der Waals surface area (Å²) in [6.07, 6.45) is 0.857. The van der Waals surface area contributed by atoms with E-state index >= 15 is 0 Å². The van der Waals surface area contributed by atoms with Crippen molar-refractivity contribution in [1.82, 2.24) is 9.88 Å². The van der Waals surface area contributed by atoms with E-state index in [0.717, 1.165) is 17.8 Å². The van der Waals surface area contributed by atoms with Crippen LogP contribution in [0.5, 0.6) is 0 Å². The first-order valence-corrected chi connectivity index (χ1v) is 7.44. The van der Waals surface area contributed by atoms with Crippen LogP contribution in [0.25, 0.3) is 0 Å². The molecule has 0 aliphatic carbocycles. The lowest BCUT2D eigenvalue weighted by molar-refractivity contribution is 0.0691. The second kappa shape index (κ2) is 4.75. The summed E-state index contributed by atoms with van der Waals surface area (Å²) in [6.45, 7) is 1.24. The Morgan fingerprint density at radius 2 is 2.21 bits per heavy atom. The molecule has 1 aliphatic rings. The van der Waals surface area contributed by atoms with E-state index in [1.54, 1.807) is 16.2 Å². The van der Waals surface area contributed by atoms with Gasteiger partial charge in [-0.25, -0.2) is 9.78 Å². The monoisotopic (exact) mass is 294 g/mol. The molecular weight excluding hydrogens is 284 g/mol. The number of nitrogens with zero attached hydrogens (tertiary/aromatic N) is 2. The minimum atomic E-state index is -1.10. The predicted molar refractivity (Wildman–Crippen MR) is 71.8 cm³/mol. The minimum Gasteiger partial charge on any atom is -0.476 e. The molecule has 2 aromatic heterocycles. The molecule has 0 atom stereocenters. The van der Waals surface area contributed by atoms with Crippen LogP contribution in [0.15, 0.2) is 16.8 Å². The molecule has 0 bridgehead atoms. The summed E-state index contributed by atoms with van der Waals surface area (Å²) in [5.41, 5.74) is 1.11. The maximum Gasteiger partial charge on any atom is 0.355 e. The van der Waals surface area contributed by atoms with Crippen molar-refractivity contribution in [2.45, 2.75) is 13.0 Å². The van der Waals surface area contributed by atoms with Crippen LogP contribution in [0.2, 0.25) is 0 Å². The van der Waals surface area contributed by atoms with Crippen LogP contribution < -0.4 is 0 Å². The van der Waals surface area contributed by atoms with Gasteiger partial charge in [-0.1, -0.05) is 0 Å². The molecule has 2 aromatic rings. The van der Waals surface area contributed by atoms with Crippen molar-refractivity contribution in [3.05, 3.63) is 38.0 Å². The number of aromatic nitrogens is 1. The molecule has 0 unspecified atom stereocenters. The van der Waals surface area contributed by atoms with E-state index in [4.69, 9.17) is 5.11 Å². The summed E-state index contributed by atoms with van der Waals surface area (Å²) in [5, 5.41) is 12.5. The standard InChI is InChI=1S/C12H10N2O3S2/c15-11(10-13-8(6-19-10)12(16)17)14-3-1-9-7(5-14)2-4-18-9/h2,4,6H,1,3,5H2,(H,16,17). The number of aromatic carboxylic acids is 1. The van der Waals surface area contributed by atoms with Crippen molar-refractivity contribution in [1.29, 1.82) is 0 Å². The number of thiophene rings is 1. The number of amides is 1. The Bertz CT molecular complexity index is 647. The van der Waals surface area contributed by atoms with Gasteiger partial charge in [-0.15, -0.1) is 22.7 Å². The minimum absolute atomic E-state index is 0.0680. The first kappa shape index (κ1) is 12.3. The van der Waals surface area contributed by atoms with Crippen LogP contribution in [0.3, 0.4) is 0 Å². The molecule has 3 heterocycles. The number of thiazole rings is 1. The summed E-state index contributed by atoms with van der Waals surface area (Å²) in [7, 11) is 0. The average molecular weight is 294 g/mol. The molecule has 0 radical (unpaired) electrons. The van der Waals surface area contributed by atoms with Crippen LogP contribution >= 0.6 is 22.7 Å². The van der Waals surface area contributed by atoms with Gasteiger partial charge in [0.25, 0.3) is 5.91 Å². The van der Waals surface area contributed by atoms with Gasteiger partial charge < -0.3 is 10.0 Å². The molecular formula is C12H10N2O3S2. The Morgan fingerprint density at radius 1 is 1.37 bits per heavy atom. The highest BCUT2D eigenvalue weighted by molar-refractivity contribution is 7.12. The van der Waals surface area contributed by atoms with Gasteiger partial charge in [0.05, 0.1) is 0 Å². The Hall–Kier alpha value is -1.73. The number of rotatable bonds is 2. The molecule has 98 valence electrons. The normalized spacial score (nSPS) is 14.2. The smallest absolute Gasteiger partial charge is 0.355 e. The molecule has 0 saturated heterocycles. The van der Waals surface area contributed by atoms with Crippen LogP contribution in [0, 0.1) is 0 Å². The van der Waals surface area contributed by atoms with Gasteiger partial charge in [0.2, 0.25) is 0 Å². The van der Waals surface area contributed by atoms with Crippen LogP contribution in [0.1, 0.15) is 30.7 Å². The summed E-state index contributed by atoms with van der Waals surface area (Å²) in [5.74, 6) is -1.29. The summed E-state index contributed by atoms with van der Waals surface area (Å²) in [6, 6.07) is 2.03. The van der Waals surface area contributed by atoms with Gasteiger partial charge >= 0.3 is 5.97 Å². The second-order valence-corrected chi connectivity index (χ2v) is 6.05. The first-order valence-electron chi connectivity index (χ1n) is 5.68. The quantitative estimate of drug-likeness (QED) is 0.921. The fourth-order valence-corrected chi connectivity index (χ4v) is 3.67. The number of hydrogen-bond donors (Lipinski definition) is 1. The Balaban J connectivity index is 1.79. The second-order valence-electron chi connectivity index (χ2n) is 4.19. The van der Waals surface area contributed by atoms with E-state index in [0.29, 0.717) is 13.1 Å². The molecule has 5 nitrogen and oxygen atoms in total. The lowest BCUT2D eigenvalue weighted by atomic mass is 10.1. The van der Waals surface area contributed by atoms with Crippen molar-refractivity contribution in [2.24, 2.45) is 0 Å². The zero-order valence-electron chi connectivity index (χ0n) is 9.83. The van der Waals surface area contributed by atoms with Gasteiger partial charge in [0, 0.05) is 23.3 Å². The molecule has 0 fully saturated rings. The third-order valence-electron chi connectivity index (χ3n) is 3.00. The molecule has 3 rings (SSSR count). The molecule has 0 aromatic carbocycles. The highest BCUT2D eigenvalue weighted by Crippen LogP contribution is 2.25. The van der Waals surface area contributed by atoms with Crippen LogP contribution in [0.4, 0.5) is 0 Å². The van der Waals surface area contributed by atoms with Crippen LogP contribution in [-0.2, 0) is 13.0 Å². The zero-order valence-corrected chi connectivity index (χ0v) is 11.5. The Labute approximate surface area is 117 Å². The number of carbonyl (C=O) groups is 2. The highest BCUT2D eigenvalue weighted by Gasteiger charge is 2.25. The molecule has 1 amide bonds. The summed E-state index contributed by atoms with van der Waals surface area (Å²) >= 11 is 2.80. The van der Waals surface area contributed by atoms with E-state index in [1.165, 1.54) is 15.8 Å². The summed E-state index contributed by atoms with van der Waals surface area (Å²) < 4.78 is 0. The molecule has 1 N–H and O–H groups in total. The average Bonchev–Trinajstić information content (AvgIpc) is 3.06. The fourth-order valence-electron chi connectivity index (χ4n) is 2.03. The first-order chi connectivity index (χ1) is 9.15. The van der Waals surface area contributed by atoms with Gasteiger partial charge in [-0.05, 0) is 23.4 Å². The van der Waals surface area contributed by atoms with Gasteiger partial charge in [0.15, 0.2) is 10.7 Å². The van der Waals surface area contributed by atoms with E-state index < -0.39 is 5.97 Å². The molecule has 0 spiro atoms. The Morgan fingerprint density at radius 3 is 2.95 bits per heavy atom. The third-order valence-corrected chi connectivity index (χ3v) is 4.85. The topological polar surface area (TPSA) is 70.5 Å². The van der Waals surface area contributed by atoms with Crippen molar-refractivity contribution in [3.63, 3.8) is 0 Å². The molecule has 0 saturated carbocycles. The van der Waals surface area contributed by atoms with E-state index in [-0.39, 0.29) is 16.6 Å². The van der Waals surface area contributed by atoms with Crippen molar-refractivity contribution < 1.29 is 14.7 Å². The van der Waals surface area contributed by atoms with E-state index in [1.807, 2.05) is 11.4 Å². The lowest BCUT2D eigenvalue weighted by Gasteiger charge is -2.26. The zero-order chi connectivity index (χ0) is 13.4. The number of carbonyl (C=O) groups excluding carboxylic acids is 1. The molecule has 7 heteroatoms. The molecule has 1 aliphatic heterocycles. The highest BCUT2D eigenvalue weighted by atomic mass is 32.1. The van der Waals surface area contributed by atoms with Crippen molar-refractivity contribution >= 4 is 34.6 Å². The lowest BCUT2D eigenvalue weighted by Crippen LogP contribution is -2.35. The SMILES string of the molecule is O=C(O)c1csc(C(=O)N2CCc3sccc3C2)n1. The van der Waals surface area contributed by atoms with E-state index in [9.17, 15) is 9.59 Å². The maximum absolute atomic E-state index is 12.3. The third kappa shape index (κ3) is 2.26. The maximum atomic E-state index is 12.3. The van der Waals surface area contributed by atoms with Crippen molar-refractivity contribution in [2.75, 3.05) is 6.54 Å². The van der Waals surface area contributed by atoms with Gasteiger partial charge in [0.1, 0.15) is 0 Å². The molecule has 19 heavy (non-hydrogen) atoms. The number of hydrogen-bond acceptors (Lipinski definition) is 5. The largest absolute Gasteiger partial charge is 0.476 e. The van der Waals surface area contributed by atoms with Gasteiger partial charge in [-0.3, -0.25) is 4.79 Å². The van der Waals surface area contributed by atoms with Gasteiger partial charge in [-0.2, -0.15) is 0 Å². The number of carboxylic acids is 1. The number of carboxylic acid groups (broad SMARTS) is 1. The van der Waals surface area contributed by atoms with Crippen LogP contribution in [-0.4, -0.2) is 33.4 Å².